The lowest BCUT2D eigenvalue weighted by molar-refractivity contribution is -0.120. The zero-order chi connectivity index (χ0) is 20.4. The third-order valence-electron chi connectivity index (χ3n) is 6.74. The molecule has 0 spiro atoms. The number of hydrogen-bond donors (Lipinski definition) is 0. The van der Waals surface area contributed by atoms with E-state index in [2.05, 4.69) is 0 Å². The molecule has 8 unspecified atom stereocenters. The lowest BCUT2D eigenvalue weighted by Crippen LogP contribution is -2.13. The Hall–Kier alpha value is -1.11. The topological polar surface area (TPSA) is 78.9 Å². The lowest BCUT2D eigenvalue weighted by atomic mass is 9.97. The van der Waals surface area contributed by atoms with Crippen LogP contribution < -0.4 is 0 Å². The van der Waals surface area contributed by atoms with Gasteiger partial charge in [-0.1, -0.05) is 0 Å². The smallest absolute Gasteiger partial charge is 0.135 e. The first kappa shape index (κ1) is 21.6. The van der Waals surface area contributed by atoms with Gasteiger partial charge in [-0.05, 0) is 52.9 Å². The molecular formula is C22H34O6. The highest BCUT2D eigenvalue weighted by atomic mass is 16.5. The molecule has 0 amide bonds. The van der Waals surface area contributed by atoms with E-state index in [0.29, 0.717) is 54.1 Å². The number of hydrogen-bond acceptors (Lipinski definition) is 6. The third-order valence-corrected chi connectivity index (χ3v) is 6.74. The molecule has 28 heavy (non-hydrogen) atoms. The Balaban J connectivity index is 0.000000121. The summed E-state index contributed by atoms with van der Waals surface area (Å²) in [6.07, 6.45) is 4.90. The van der Waals surface area contributed by atoms with Crippen molar-refractivity contribution in [3.8, 4) is 0 Å². The first-order valence-electron chi connectivity index (χ1n) is 10.7. The summed E-state index contributed by atoms with van der Waals surface area (Å²) in [6.45, 7) is 9.59. The van der Waals surface area contributed by atoms with Crippen molar-refractivity contribution in [3.05, 3.63) is 0 Å². The minimum atomic E-state index is 0.277. The van der Waals surface area contributed by atoms with Gasteiger partial charge in [0.05, 0.1) is 18.3 Å². The van der Waals surface area contributed by atoms with Crippen molar-refractivity contribution in [2.24, 2.45) is 29.6 Å². The van der Waals surface area contributed by atoms with Gasteiger partial charge in [0.1, 0.15) is 17.3 Å². The molecular weight excluding hydrogens is 360 g/mol. The molecule has 2 saturated carbocycles. The van der Waals surface area contributed by atoms with E-state index in [1.165, 1.54) is 0 Å². The maximum atomic E-state index is 10.7. The fourth-order valence-corrected chi connectivity index (χ4v) is 4.99. The van der Waals surface area contributed by atoms with Gasteiger partial charge in [-0.2, -0.15) is 0 Å². The third kappa shape index (κ3) is 5.08. The summed E-state index contributed by atoms with van der Waals surface area (Å²) < 4.78 is 15.9. The lowest BCUT2D eigenvalue weighted by Gasteiger charge is -2.10. The van der Waals surface area contributed by atoms with E-state index in [1.54, 1.807) is 20.8 Å². The summed E-state index contributed by atoms with van der Waals surface area (Å²) in [5.74, 6) is 3.14. The average molecular weight is 395 g/mol. The summed E-state index contributed by atoms with van der Waals surface area (Å²) in [7, 11) is 0. The Labute approximate surface area is 167 Å². The minimum absolute atomic E-state index is 0.277. The van der Waals surface area contributed by atoms with E-state index in [0.717, 1.165) is 39.1 Å². The van der Waals surface area contributed by atoms with Crippen LogP contribution in [0, 0.1) is 29.6 Å². The highest BCUT2D eigenvalue weighted by molar-refractivity contribution is 5.83. The van der Waals surface area contributed by atoms with Gasteiger partial charge in [-0.15, -0.1) is 0 Å². The first-order valence-corrected chi connectivity index (χ1v) is 10.7. The van der Waals surface area contributed by atoms with Crippen molar-refractivity contribution in [1.29, 1.82) is 0 Å². The number of Topliss-reactive ketones (excluding diaryl/α,β-unsaturated/α-hetero) is 3. The Morgan fingerprint density at radius 1 is 0.750 bits per heavy atom. The first-order chi connectivity index (χ1) is 13.3. The molecule has 0 aromatic heterocycles. The number of rotatable bonds is 4. The molecule has 0 N–H and O–H groups in total. The average Bonchev–Trinajstić information content (AvgIpc) is 3.19. The zero-order valence-corrected chi connectivity index (χ0v) is 17.5. The van der Waals surface area contributed by atoms with Crippen LogP contribution in [0.1, 0.15) is 53.4 Å². The standard InChI is InChI=1S/C8H14O2.2C7H10O2/c1-6(9)5-8-3-4-10-7(8)2;2*1-4(8)6-5-2-3-9-7(5)6/h7-8H,3-5H2,1-2H3;2*5-7H,2-3H2,1H3. The molecule has 0 aromatic carbocycles. The normalized spacial score (nSPS) is 41.6. The molecule has 5 aliphatic rings. The number of fused-ring (bicyclic) bond motifs is 2. The van der Waals surface area contributed by atoms with E-state index in [-0.39, 0.29) is 17.6 Å². The van der Waals surface area contributed by atoms with Crippen LogP contribution in [-0.4, -0.2) is 55.5 Å². The molecule has 3 aliphatic heterocycles. The van der Waals surface area contributed by atoms with Crippen LogP contribution in [0.25, 0.3) is 0 Å². The van der Waals surface area contributed by atoms with Gasteiger partial charge in [0.25, 0.3) is 0 Å². The molecule has 6 nitrogen and oxygen atoms in total. The molecule has 3 heterocycles. The second-order valence-corrected chi connectivity index (χ2v) is 8.88. The van der Waals surface area contributed by atoms with Crippen molar-refractivity contribution in [2.75, 3.05) is 19.8 Å². The summed E-state index contributed by atoms with van der Waals surface area (Å²) in [5, 5.41) is 0. The van der Waals surface area contributed by atoms with Crippen LogP contribution in [0.2, 0.25) is 0 Å². The van der Waals surface area contributed by atoms with Gasteiger partial charge in [-0.25, -0.2) is 0 Å². The summed E-state index contributed by atoms with van der Waals surface area (Å²) in [4.78, 5) is 32.2. The summed E-state index contributed by atoms with van der Waals surface area (Å²) in [5.41, 5.74) is 0. The fraction of sp³-hybridized carbons (Fsp3) is 0.864. The Morgan fingerprint density at radius 2 is 1.21 bits per heavy atom. The van der Waals surface area contributed by atoms with Crippen molar-refractivity contribution in [1.82, 2.24) is 0 Å². The summed E-state index contributed by atoms with van der Waals surface area (Å²) in [6, 6.07) is 0. The quantitative estimate of drug-likeness (QED) is 0.729. The van der Waals surface area contributed by atoms with Crippen molar-refractivity contribution < 1.29 is 28.6 Å². The Bertz CT molecular complexity index is 546. The summed E-state index contributed by atoms with van der Waals surface area (Å²) >= 11 is 0. The number of carbonyl (C=O) groups excluding carboxylic acids is 3. The minimum Gasteiger partial charge on any atom is -0.378 e. The number of carbonyl (C=O) groups is 3. The molecule has 8 atom stereocenters. The van der Waals surface area contributed by atoms with E-state index < -0.39 is 0 Å². The zero-order valence-electron chi connectivity index (χ0n) is 17.5. The van der Waals surface area contributed by atoms with Gasteiger partial charge < -0.3 is 19.0 Å². The molecule has 0 bridgehead atoms. The molecule has 2 aliphatic carbocycles. The monoisotopic (exact) mass is 394 g/mol. The van der Waals surface area contributed by atoms with E-state index in [4.69, 9.17) is 14.2 Å². The highest BCUT2D eigenvalue weighted by Crippen LogP contribution is 2.49. The maximum absolute atomic E-state index is 10.7. The van der Waals surface area contributed by atoms with E-state index in [1.807, 2.05) is 6.92 Å². The van der Waals surface area contributed by atoms with Crippen molar-refractivity contribution in [2.45, 2.75) is 71.7 Å². The molecule has 6 heteroatoms. The van der Waals surface area contributed by atoms with Crippen LogP contribution in [0.15, 0.2) is 0 Å². The van der Waals surface area contributed by atoms with Gasteiger partial charge in [0.15, 0.2) is 0 Å². The van der Waals surface area contributed by atoms with E-state index in [9.17, 15) is 14.4 Å². The molecule has 0 aromatic rings. The Kier molecular flexibility index (Phi) is 7.05. The second-order valence-electron chi connectivity index (χ2n) is 8.88. The maximum Gasteiger partial charge on any atom is 0.135 e. The van der Waals surface area contributed by atoms with Gasteiger partial charge in [0.2, 0.25) is 0 Å². The molecule has 3 saturated heterocycles. The van der Waals surface area contributed by atoms with Crippen LogP contribution in [0.4, 0.5) is 0 Å². The molecule has 0 radical (unpaired) electrons. The molecule has 158 valence electrons. The Morgan fingerprint density at radius 3 is 1.46 bits per heavy atom. The highest BCUT2D eigenvalue weighted by Gasteiger charge is 2.57. The molecule has 5 fully saturated rings. The van der Waals surface area contributed by atoms with E-state index >= 15 is 0 Å². The van der Waals surface area contributed by atoms with Gasteiger partial charge >= 0.3 is 0 Å². The fourth-order valence-electron chi connectivity index (χ4n) is 4.99. The van der Waals surface area contributed by atoms with Gasteiger partial charge in [-0.3, -0.25) is 9.59 Å². The number of ether oxygens (including phenoxy) is 3. The second kappa shape index (κ2) is 9.14. The predicted molar refractivity (Wildman–Crippen MR) is 103 cm³/mol. The van der Waals surface area contributed by atoms with Crippen LogP contribution in [-0.2, 0) is 28.6 Å². The number of ketones is 3. The van der Waals surface area contributed by atoms with Crippen molar-refractivity contribution >= 4 is 17.3 Å². The molecule has 5 rings (SSSR count). The van der Waals surface area contributed by atoms with Crippen LogP contribution >= 0.6 is 0 Å². The predicted octanol–water partition coefficient (Wildman–Crippen LogP) is 2.61. The van der Waals surface area contributed by atoms with Crippen LogP contribution in [0.5, 0.6) is 0 Å². The van der Waals surface area contributed by atoms with Gasteiger partial charge in [0, 0.05) is 49.9 Å². The van der Waals surface area contributed by atoms with Crippen LogP contribution in [0.3, 0.4) is 0 Å². The van der Waals surface area contributed by atoms with Crippen molar-refractivity contribution in [3.63, 3.8) is 0 Å². The largest absolute Gasteiger partial charge is 0.378 e. The SMILES string of the molecule is CC(=O)C1C2CCOC21.CC(=O)C1C2CCOC21.CC(=O)CC1CCOC1C.